The standard InChI is InChI=1S/C15H8O3/c16-15-6-5-9-7-14-11(8-13(9)18-15)10-3-1-2-4-12(10)17-14/h1-8H. The van der Waals surface area contributed by atoms with E-state index in [2.05, 4.69) is 0 Å². The van der Waals surface area contributed by atoms with Gasteiger partial charge in [0.05, 0.1) is 0 Å². The summed E-state index contributed by atoms with van der Waals surface area (Å²) in [6, 6.07) is 14.7. The van der Waals surface area contributed by atoms with E-state index in [0.29, 0.717) is 5.58 Å². The van der Waals surface area contributed by atoms with Crippen molar-refractivity contribution in [2.24, 2.45) is 0 Å². The second-order valence-electron chi connectivity index (χ2n) is 4.24. The Morgan fingerprint density at radius 3 is 2.56 bits per heavy atom. The molecular weight excluding hydrogens is 228 g/mol. The van der Waals surface area contributed by atoms with Crippen LogP contribution in [0.2, 0.25) is 0 Å². The van der Waals surface area contributed by atoms with Gasteiger partial charge in [0.15, 0.2) is 0 Å². The predicted octanol–water partition coefficient (Wildman–Crippen LogP) is 3.69. The van der Waals surface area contributed by atoms with E-state index in [1.165, 1.54) is 6.07 Å². The number of benzene rings is 2. The molecule has 0 amide bonds. The van der Waals surface area contributed by atoms with Gasteiger partial charge in [0, 0.05) is 22.2 Å². The molecule has 2 aromatic heterocycles. The summed E-state index contributed by atoms with van der Waals surface area (Å²) in [5.41, 5.74) is 1.89. The van der Waals surface area contributed by atoms with Crippen LogP contribution in [0.5, 0.6) is 0 Å². The molecule has 0 atom stereocenters. The monoisotopic (exact) mass is 236 g/mol. The van der Waals surface area contributed by atoms with Gasteiger partial charge in [0.1, 0.15) is 16.7 Å². The molecule has 0 saturated heterocycles. The molecule has 3 heteroatoms. The molecule has 0 N–H and O–H groups in total. The van der Waals surface area contributed by atoms with Gasteiger partial charge in [0.25, 0.3) is 0 Å². The Labute approximate surface area is 101 Å². The lowest BCUT2D eigenvalue weighted by Crippen LogP contribution is -1.93. The highest BCUT2D eigenvalue weighted by atomic mass is 16.4. The van der Waals surface area contributed by atoms with Gasteiger partial charge in [-0.1, -0.05) is 18.2 Å². The quantitative estimate of drug-likeness (QED) is 0.437. The lowest BCUT2D eigenvalue weighted by Gasteiger charge is -1.95. The Morgan fingerprint density at radius 2 is 1.61 bits per heavy atom. The summed E-state index contributed by atoms with van der Waals surface area (Å²) < 4.78 is 11.0. The van der Waals surface area contributed by atoms with Crippen LogP contribution in [-0.4, -0.2) is 0 Å². The van der Waals surface area contributed by atoms with Gasteiger partial charge in [-0.3, -0.25) is 0 Å². The SMILES string of the molecule is O=c1ccc2cc3oc4ccccc4c3cc2o1. The minimum absolute atomic E-state index is 0.338. The zero-order chi connectivity index (χ0) is 12.1. The summed E-state index contributed by atoms with van der Waals surface area (Å²) in [5.74, 6) is 0. The number of furan rings is 1. The molecule has 2 aromatic carbocycles. The van der Waals surface area contributed by atoms with E-state index >= 15 is 0 Å². The van der Waals surface area contributed by atoms with Gasteiger partial charge in [-0.2, -0.15) is 0 Å². The molecule has 0 saturated carbocycles. The Bertz CT molecular complexity index is 944. The van der Waals surface area contributed by atoms with Crippen molar-refractivity contribution < 1.29 is 8.83 Å². The van der Waals surface area contributed by atoms with E-state index in [0.717, 1.165) is 27.3 Å². The Morgan fingerprint density at radius 1 is 0.722 bits per heavy atom. The molecule has 0 aliphatic heterocycles. The number of rotatable bonds is 0. The van der Waals surface area contributed by atoms with Crippen LogP contribution >= 0.6 is 0 Å². The fourth-order valence-corrected chi connectivity index (χ4v) is 2.29. The fraction of sp³-hybridized carbons (Fsp3) is 0. The molecule has 3 nitrogen and oxygen atoms in total. The molecule has 0 bridgehead atoms. The summed E-state index contributed by atoms with van der Waals surface area (Å²) in [6.45, 7) is 0. The smallest absolute Gasteiger partial charge is 0.336 e. The fourth-order valence-electron chi connectivity index (χ4n) is 2.29. The minimum atomic E-state index is -0.338. The van der Waals surface area contributed by atoms with Gasteiger partial charge >= 0.3 is 5.63 Å². The van der Waals surface area contributed by atoms with Crippen molar-refractivity contribution in [3.63, 3.8) is 0 Å². The molecule has 18 heavy (non-hydrogen) atoms. The van der Waals surface area contributed by atoms with Crippen LogP contribution in [0.3, 0.4) is 0 Å². The zero-order valence-electron chi connectivity index (χ0n) is 9.34. The third-order valence-corrected chi connectivity index (χ3v) is 3.12. The van der Waals surface area contributed by atoms with Gasteiger partial charge < -0.3 is 8.83 Å². The largest absolute Gasteiger partial charge is 0.456 e. The average molecular weight is 236 g/mol. The average Bonchev–Trinajstić information content (AvgIpc) is 2.74. The molecular formula is C15H8O3. The highest BCUT2D eigenvalue weighted by molar-refractivity contribution is 6.08. The van der Waals surface area contributed by atoms with E-state index in [9.17, 15) is 4.79 Å². The number of hydrogen-bond donors (Lipinski definition) is 0. The molecule has 86 valence electrons. The first-order chi connectivity index (χ1) is 8.81. The van der Waals surface area contributed by atoms with Crippen molar-refractivity contribution in [2.75, 3.05) is 0 Å². The third kappa shape index (κ3) is 1.21. The highest BCUT2D eigenvalue weighted by Crippen LogP contribution is 2.31. The Balaban J connectivity index is 2.27. The Kier molecular flexibility index (Phi) is 1.70. The third-order valence-electron chi connectivity index (χ3n) is 3.12. The lowest BCUT2D eigenvalue weighted by atomic mass is 10.1. The summed E-state index contributed by atoms with van der Waals surface area (Å²) in [4.78, 5) is 11.2. The van der Waals surface area contributed by atoms with E-state index in [4.69, 9.17) is 8.83 Å². The van der Waals surface area contributed by atoms with Gasteiger partial charge in [0.2, 0.25) is 0 Å². The van der Waals surface area contributed by atoms with Crippen molar-refractivity contribution >= 4 is 32.9 Å². The molecule has 0 fully saturated rings. The van der Waals surface area contributed by atoms with Crippen LogP contribution in [0.15, 0.2) is 62.2 Å². The van der Waals surface area contributed by atoms with E-state index in [1.54, 1.807) is 6.07 Å². The van der Waals surface area contributed by atoms with Crippen LogP contribution in [0.4, 0.5) is 0 Å². The zero-order valence-corrected chi connectivity index (χ0v) is 9.34. The van der Waals surface area contributed by atoms with Crippen molar-refractivity contribution in [1.29, 1.82) is 0 Å². The second-order valence-corrected chi connectivity index (χ2v) is 4.24. The van der Waals surface area contributed by atoms with Crippen molar-refractivity contribution in [1.82, 2.24) is 0 Å². The number of para-hydroxylation sites is 1. The highest BCUT2D eigenvalue weighted by Gasteiger charge is 2.08. The summed E-state index contributed by atoms with van der Waals surface area (Å²) in [5, 5.41) is 2.86. The maximum Gasteiger partial charge on any atom is 0.336 e. The van der Waals surface area contributed by atoms with Crippen molar-refractivity contribution in [3.05, 3.63) is 59.0 Å². The molecule has 4 aromatic rings. The van der Waals surface area contributed by atoms with Gasteiger partial charge in [-0.25, -0.2) is 4.79 Å². The molecule has 4 rings (SSSR count). The second kappa shape index (κ2) is 3.23. The Hall–Kier alpha value is -2.55. The van der Waals surface area contributed by atoms with Gasteiger partial charge in [-0.15, -0.1) is 0 Å². The van der Waals surface area contributed by atoms with Crippen LogP contribution in [0, 0.1) is 0 Å². The molecule has 0 aliphatic carbocycles. The van der Waals surface area contributed by atoms with E-state index < -0.39 is 0 Å². The van der Waals surface area contributed by atoms with E-state index in [1.807, 2.05) is 36.4 Å². The van der Waals surface area contributed by atoms with Crippen LogP contribution in [0.25, 0.3) is 32.9 Å². The van der Waals surface area contributed by atoms with Crippen LogP contribution < -0.4 is 5.63 Å². The van der Waals surface area contributed by atoms with Crippen molar-refractivity contribution in [2.45, 2.75) is 0 Å². The molecule has 0 spiro atoms. The van der Waals surface area contributed by atoms with Crippen LogP contribution in [0.1, 0.15) is 0 Å². The topological polar surface area (TPSA) is 43.4 Å². The normalized spacial score (nSPS) is 11.6. The first kappa shape index (κ1) is 9.48. The molecule has 2 heterocycles. The maximum absolute atomic E-state index is 11.2. The maximum atomic E-state index is 11.2. The first-order valence-corrected chi connectivity index (χ1v) is 5.66. The first-order valence-electron chi connectivity index (χ1n) is 5.66. The van der Waals surface area contributed by atoms with Crippen LogP contribution in [-0.2, 0) is 0 Å². The predicted molar refractivity (Wildman–Crippen MR) is 69.8 cm³/mol. The minimum Gasteiger partial charge on any atom is -0.456 e. The summed E-state index contributed by atoms with van der Waals surface area (Å²) in [6.07, 6.45) is 0. The lowest BCUT2D eigenvalue weighted by molar-refractivity contribution is 0.561. The molecule has 0 unspecified atom stereocenters. The molecule has 0 aliphatic rings. The number of fused-ring (bicyclic) bond motifs is 4. The van der Waals surface area contributed by atoms with Crippen molar-refractivity contribution in [3.8, 4) is 0 Å². The molecule has 0 radical (unpaired) electrons. The summed E-state index contributed by atoms with van der Waals surface area (Å²) >= 11 is 0. The van der Waals surface area contributed by atoms with Gasteiger partial charge in [-0.05, 0) is 24.3 Å². The van der Waals surface area contributed by atoms with E-state index in [-0.39, 0.29) is 5.63 Å². The number of hydrogen-bond acceptors (Lipinski definition) is 3. The summed E-state index contributed by atoms with van der Waals surface area (Å²) in [7, 11) is 0.